The van der Waals surface area contributed by atoms with Gasteiger partial charge in [-0.3, -0.25) is 4.57 Å². The maximum absolute atomic E-state index is 11.9. The highest BCUT2D eigenvalue weighted by Crippen LogP contribution is 2.10. The third-order valence-electron chi connectivity index (χ3n) is 4.82. The Balaban J connectivity index is 1.42. The van der Waals surface area contributed by atoms with Gasteiger partial charge in [0.2, 0.25) is 0 Å². The van der Waals surface area contributed by atoms with Gasteiger partial charge in [0.05, 0.1) is 0 Å². The molecule has 0 N–H and O–H groups in total. The summed E-state index contributed by atoms with van der Waals surface area (Å²) in [4.78, 5) is 21.3. The number of oxazole rings is 1. The Morgan fingerprint density at radius 2 is 1.75 bits per heavy atom. The zero-order chi connectivity index (χ0) is 16.8. The maximum atomic E-state index is 11.9. The second-order valence-corrected chi connectivity index (χ2v) is 6.59. The molecule has 0 atom stereocenters. The first kappa shape index (κ1) is 17.2. The minimum absolute atomic E-state index is 0.301. The standard InChI is InChI=1S/C18H28N4O2/c1-2-3-4-9-20-12-14-21(15-13-20)10-6-11-22-17-16(24-18(22)23)7-5-8-19-17/h5,7-8H,2-4,6,9-15H2,1H3. The summed E-state index contributed by atoms with van der Waals surface area (Å²) in [7, 11) is 0. The number of hydrogen-bond donors (Lipinski definition) is 0. The van der Waals surface area contributed by atoms with Crippen molar-refractivity contribution < 1.29 is 4.42 Å². The van der Waals surface area contributed by atoms with E-state index in [-0.39, 0.29) is 5.76 Å². The van der Waals surface area contributed by atoms with Gasteiger partial charge in [-0.2, -0.15) is 0 Å². The van der Waals surface area contributed by atoms with E-state index >= 15 is 0 Å². The molecule has 3 rings (SSSR count). The molecule has 2 aromatic rings. The van der Waals surface area contributed by atoms with Crippen LogP contribution in [0, 0.1) is 0 Å². The molecule has 6 heteroatoms. The summed E-state index contributed by atoms with van der Waals surface area (Å²) in [6, 6.07) is 3.58. The van der Waals surface area contributed by atoms with E-state index in [9.17, 15) is 4.79 Å². The number of aryl methyl sites for hydroxylation is 1. The number of aromatic nitrogens is 2. The largest absolute Gasteiger partial charge is 0.421 e. The Hall–Kier alpha value is -1.66. The van der Waals surface area contributed by atoms with Crippen LogP contribution in [0.4, 0.5) is 0 Å². The lowest BCUT2D eigenvalue weighted by atomic mass is 10.2. The van der Waals surface area contributed by atoms with Crippen LogP contribution in [-0.2, 0) is 6.54 Å². The van der Waals surface area contributed by atoms with Gasteiger partial charge in [-0.15, -0.1) is 0 Å². The van der Waals surface area contributed by atoms with E-state index in [1.807, 2.05) is 0 Å². The van der Waals surface area contributed by atoms with E-state index in [2.05, 4.69) is 21.7 Å². The lowest BCUT2D eigenvalue weighted by Gasteiger charge is -2.34. The Morgan fingerprint density at radius 3 is 2.46 bits per heavy atom. The molecule has 0 unspecified atom stereocenters. The molecule has 0 bridgehead atoms. The Bertz CT molecular complexity index is 686. The number of piperazine rings is 1. The predicted molar refractivity (Wildman–Crippen MR) is 95.3 cm³/mol. The third kappa shape index (κ3) is 4.24. The van der Waals surface area contributed by atoms with Crippen LogP contribution in [0.15, 0.2) is 27.5 Å². The molecule has 0 aliphatic carbocycles. The van der Waals surface area contributed by atoms with Gasteiger partial charge in [-0.1, -0.05) is 19.8 Å². The zero-order valence-corrected chi connectivity index (χ0v) is 14.6. The number of hydrogen-bond acceptors (Lipinski definition) is 5. The fraction of sp³-hybridized carbons (Fsp3) is 0.667. The van der Waals surface area contributed by atoms with Gasteiger partial charge < -0.3 is 14.2 Å². The molecule has 6 nitrogen and oxygen atoms in total. The van der Waals surface area contributed by atoms with Crippen LogP contribution in [0.3, 0.4) is 0 Å². The van der Waals surface area contributed by atoms with E-state index in [4.69, 9.17) is 4.42 Å². The van der Waals surface area contributed by atoms with Crippen molar-refractivity contribution in [1.29, 1.82) is 0 Å². The highest BCUT2D eigenvalue weighted by molar-refractivity contribution is 5.67. The quantitative estimate of drug-likeness (QED) is 0.694. The van der Waals surface area contributed by atoms with E-state index in [1.165, 1.54) is 38.9 Å². The maximum Gasteiger partial charge on any atom is 0.421 e. The third-order valence-corrected chi connectivity index (χ3v) is 4.82. The first-order valence-corrected chi connectivity index (χ1v) is 9.17. The van der Waals surface area contributed by atoms with Crippen molar-refractivity contribution in [2.75, 3.05) is 39.3 Å². The van der Waals surface area contributed by atoms with Crippen LogP contribution in [0.5, 0.6) is 0 Å². The monoisotopic (exact) mass is 332 g/mol. The second-order valence-electron chi connectivity index (χ2n) is 6.59. The van der Waals surface area contributed by atoms with Gasteiger partial charge in [0.1, 0.15) is 0 Å². The van der Waals surface area contributed by atoms with Crippen molar-refractivity contribution in [2.45, 2.75) is 39.2 Å². The summed E-state index contributed by atoms with van der Waals surface area (Å²) in [5.41, 5.74) is 1.23. The molecule has 0 aromatic carbocycles. The average Bonchev–Trinajstić information content (AvgIpc) is 2.92. The van der Waals surface area contributed by atoms with Gasteiger partial charge in [0, 0.05) is 38.9 Å². The minimum Gasteiger partial charge on any atom is -0.406 e. The van der Waals surface area contributed by atoms with Crippen molar-refractivity contribution >= 4 is 11.2 Å². The van der Waals surface area contributed by atoms with E-state index in [1.54, 1.807) is 22.9 Å². The number of unbranched alkanes of at least 4 members (excludes halogenated alkanes) is 2. The lowest BCUT2D eigenvalue weighted by molar-refractivity contribution is 0.128. The molecule has 2 aromatic heterocycles. The first-order valence-electron chi connectivity index (χ1n) is 9.17. The summed E-state index contributed by atoms with van der Waals surface area (Å²) in [6.45, 7) is 9.77. The van der Waals surface area contributed by atoms with E-state index < -0.39 is 0 Å². The lowest BCUT2D eigenvalue weighted by Crippen LogP contribution is -2.46. The first-order chi connectivity index (χ1) is 11.8. The molecule has 0 amide bonds. The Labute approximate surface area is 143 Å². The smallest absolute Gasteiger partial charge is 0.406 e. The molecule has 0 spiro atoms. The van der Waals surface area contributed by atoms with Gasteiger partial charge in [0.15, 0.2) is 11.2 Å². The van der Waals surface area contributed by atoms with Crippen molar-refractivity contribution in [3.63, 3.8) is 0 Å². The molecular weight excluding hydrogens is 304 g/mol. The second kappa shape index (κ2) is 8.44. The molecule has 0 radical (unpaired) electrons. The number of fused-ring (bicyclic) bond motifs is 1. The molecule has 1 saturated heterocycles. The Kier molecular flexibility index (Phi) is 6.04. The topological polar surface area (TPSA) is 54.5 Å². The highest BCUT2D eigenvalue weighted by atomic mass is 16.4. The van der Waals surface area contributed by atoms with Crippen molar-refractivity contribution in [1.82, 2.24) is 19.4 Å². The molecule has 24 heavy (non-hydrogen) atoms. The van der Waals surface area contributed by atoms with E-state index in [0.29, 0.717) is 17.8 Å². The molecule has 0 saturated carbocycles. The number of nitrogens with zero attached hydrogens (tertiary/aromatic N) is 4. The van der Waals surface area contributed by atoms with Crippen LogP contribution in [0.1, 0.15) is 32.6 Å². The number of pyridine rings is 1. The van der Waals surface area contributed by atoms with Crippen LogP contribution >= 0.6 is 0 Å². The van der Waals surface area contributed by atoms with Crippen LogP contribution < -0.4 is 5.76 Å². The van der Waals surface area contributed by atoms with Crippen molar-refractivity contribution in [3.05, 3.63) is 28.9 Å². The summed E-state index contributed by atoms with van der Waals surface area (Å²) in [6.07, 6.45) is 6.59. The van der Waals surface area contributed by atoms with Crippen LogP contribution in [-0.4, -0.2) is 58.6 Å². The summed E-state index contributed by atoms with van der Waals surface area (Å²) < 4.78 is 6.88. The number of rotatable bonds is 8. The van der Waals surface area contributed by atoms with Crippen molar-refractivity contribution in [3.8, 4) is 0 Å². The highest BCUT2D eigenvalue weighted by Gasteiger charge is 2.16. The zero-order valence-electron chi connectivity index (χ0n) is 14.6. The van der Waals surface area contributed by atoms with Crippen LogP contribution in [0.2, 0.25) is 0 Å². The van der Waals surface area contributed by atoms with Gasteiger partial charge in [-0.05, 0) is 38.1 Å². The summed E-state index contributed by atoms with van der Waals surface area (Å²) >= 11 is 0. The normalized spacial score (nSPS) is 16.9. The molecule has 132 valence electrons. The van der Waals surface area contributed by atoms with Gasteiger partial charge in [0.25, 0.3) is 0 Å². The molecule has 1 aliphatic heterocycles. The minimum atomic E-state index is -0.301. The van der Waals surface area contributed by atoms with Gasteiger partial charge >= 0.3 is 5.76 Å². The SMILES string of the molecule is CCCCCN1CCN(CCCn2c(=O)oc3cccnc32)CC1. The molecule has 1 aliphatic rings. The summed E-state index contributed by atoms with van der Waals surface area (Å²) in [5.74, 6) is -0.301. The fourth-order valence-electron chi connectivity index (χ4n) is 3.37. The predicted octanol–water partition coefficient (Wildman–Crippen LogP) is 2.19. The van der Waals surface area contributed by atoms with Crippen LogP contribution in [0.25, 0.3) is 11.2 Å². The Morgan fingerprint density at radius 1 is 1.04 bits per heavy atom. The molecule has 3 heterocycles. The average molecular weight is 332 g/mol. The van der Waals surface area contributed by atoms with Crippen molar-refractivity contribution in [2.24, 2.45) is 0 Å². The van der Waals surface area contributed by atoms with Gasteiger partial charge in [-0.25, -0.2) is 9.78 Å². The molecule has 1 fully saturated rings. The fourth-order valence-corrected chi connectivity index (χ4v) is 3.37. The molecular formula is C18H28N4O2. The summed E-state index contributed by atoms with van der Waals surface area (Å²) in [5, 5.41) is 0. The van der Waals surface area contributed by atoms with E-state index in [0.717, 1.165) is 26.1 Å².